The Hall–Kier alpha value is -2.20. The lowest BCUT2D eigenvalue weighted by molar-refractivity contribution is -0.118. The van der Waals surface area contributed by atoms with Gasteiger partial charge in [-0.15, -0.1) is 0 Å². The predicted octanol–water partition coefficient (Wildman–Crippen LogP) is 4.49. The van der Waals surface area contributed by atoms with Gasteiger partial charge in [-0.2, -0.15) is 0 Å². The van der Waals surface area contributed by atoms with Gasteiger partial charge in [0.15, 0.2) is 6.61 Å². The van der Waals surface area contributed by atoms with Crippen molar-refractivity contribution in [3.8, 4) is 11.5 Å². The van der Waals surface area contributed by atoms with Crippen molar-refractivity contribution < 1.29 is 14.3 Å². The maximum absolute atomic E-state index is 12.0. The standard InChI is InChI=1S/C18H20ClNO3/c1-12(2)13-5-4-6-15(9-13)23-11-18(21)20-16-10-14(19)7-8-17(16)22-3/h4-10,12H,11H2,1-3H3,(H,20,21). The molecule has 0 aliphatic rings. The lowest BCUT2D eigenvalue weighted by Crippen LogP contribution is -2.20. The first-order valence-electron chi connectivity index (χ1n) is 7.35. The average Bonchev–Trinajstić information content (AvgIpc) is 2.53. The Labute approximate surface area is 141 Å². The van der Waals surface area contributed by atoms with E-state index in [1.807, 2.05) is 24.3 Å². The summed E-state index contributed by atoms with van der Waals surface area (Å²) in [6.45, 7) is 4.13. The van der Waals surface area contributed by atoms with Gasteiger partial charge in [-0.05, 0) is 41.8 Å². The molecule has 2 rings (SSSR count). The van der Waals surface area contributed by atoms with Crippen LogP contribution in [0.15, 0.2) is 42.5 Å². The van der Waals surface area contributed by atoms with E-state index in [4.69, 9.17) is 21.1 Å². The van der Waals surface area contributed by atoms with Crippen LogP contribution in [0.25, 0.3) is 0 Å². The van der Waals surface area contributed by atoms with Gasteiger partial charge in [0.25, 0.3) is 5.91 Å². The van der Waals surface area contributed by atoms with Crippen molar-refractivity contribution in [1.29, 1.82) is 0 Å². The summed E-state index contributed by atoms with van der Waals surface area (Å²) in [6.07, 6.45) is 0. The van der Waals surface area contributed by atoms with Gasteiger partial charge in [0.1, 0.15) is 11.5 Å². The van der Waals surface area contributed by atoms with Crippen LogP contribution < -0.4 is 14.8 Å². The normalized spacial score (nSPS) is 10.5. The molecule has 0 bridgehead atoms. The fraction of sp³-hybridized carbons (Fsp3) is 0.278. The number of carbonyl (C=O) groups is 1. The molecule has 0 spiro atoms. The zero-order chi connectivity index (χ0) is 16.8. The Morgan fingerprint density at radius 1 is 1.22 bits per heavy atom. The number of benzene rings is 2. The lowest BCUT2D eigenvalue weighted by atomic mass is 10.0. The van der Waals surface area contributed by atoms with Gasteiger partial charge >= 0.3 is 0 Å². The first kappa shape index (κ1) is 17.2. The van der Waals surface area contributed by atoms with Gasteiger partial charge in [0.05, 0.1) is 12.8 Å². The molecule has 0 saturated heterocycles. The second-order valence-electron chi connectivity index (χ2n) is 5.41. The molecule has 5 heteroatoms. The second kappa shape index (κ2) is 7.88. The van der Waals surface area contributed by atoms with Crippen molar-refractivity contribution in [3.63, 3.8) is 0 Å². The van der Waals surface area contributed by atoms with Crippen molar-refractivity contribution in [2.75, 3.05) is 19.0 Å². The Balaban J connectivity index is 1.98. The average molecular weight is 334 g/mol. The highest BCUT2D eigenvalue weighted by atomic mass is 35.5. The zero-order valence-electron chi connectivity index (χ0n) is 13.4. The van der Waals surface area contributed by atoms with E-state index in [9.17, 15) is 4.79 Å². The first-order chi connectivity index (χ1) is 11.0. The number of carbonyl (C=O) groups excluding carboxylic acids is 1. The lowest BCUT2D eigenvalue weighted by Gasteiger charge is -2.12. The third-order valence-corrected chi connectivity index (χ3v) is 3.57. The minimum atomic E-state index is -0.277. The maximum atomic E-state index is 12.0. The van der Waals surface area contributed by atoms with E-state index in [0.29, 0.717) is 28.1 Å². The highest BCUT2D eigenvalue weighted by Crippen LogP contribution is 2.27. The number of amides is 1. The third kappa shape index (κ3) is 4.89. The Bertz CT molecular complexity index is 686. The monoisotopic (exact) mass is 333 g/mol. The number of hydrogen-bond donors (Lipinski definition) is 1. The van der Waals surface area contributed by atoms with E-state index in [2.05, 4.69) is 19.2 Å². The molecule has 4 nitrogen and oxygen atoms in total. The number of methoxy groups -OCH3 is 1. The van der Waals surface area contributed by atoms with Crippen molar-refractivity contribution in [2.24, 2.45) is 0 Å². The highest BCUT2D eigenvalue weighted by molar-refractivity contribution is 6.31. The Kier molecular flexibility index (Phi) is 5.88. The van der Waals surface area contributed by atoms with Gasteiger partial charge in [-0.1, -0.05) is 37.6 Å². The van der Waals surface area contributed by atoms with E-state index in [1.54, 1.807) is 18.2 Å². The summed E-state index contributed by atoms with van der Waals surface area (Å²) in [4.78, 5) is 12.0. The molecule has 2 aromatic rings. The molecule has 122 valence electrons. The van der Waals surface area contributed by atoms with Crippen LogP contribution in [-0.4, -0.2) is 19.6 Å². The SMILES string of the molecule is COc1ccc(Cl)cc1NC(=O)COc1cccc(C(C)C)c1. The predicted molar refractivity (Wildman–Crippen MR) is 92.7 cm³/mol. The zero-order valence-corrected chi connectivity index (χ0v) is 14.2. The van der Waals surface area contributed by atoms with E-state index < -0.39 is 0 Å². The van der Waals surface area contributed by atoms with Crippen LogP contribution in [0.1, 0.15) is 25.3 Å². The molecule has 0 unspecified atom stereocenters. The van der Waals surface area contributed by atoms with Crippen LogP contribution in [0.4, 0.5) is 5.69 Å². The molecule has 2 aromatic carbocycles. The second-order valence-corrected chi connectivity index (χ2v) is 5.85. The van der Waals surface area contributed by atoms with Gasteiger partial charge in [-0.3, -0.25) is 4.79 Å². The summed E-state index contributed by atoms with van der Waals surface area (Å²) in [5, 5.41) is 3.26. The first-order valence-corrected chi connectivity index (χ1v) is 7.73. The molecule has 0 saturated carbocycles. The summed E-state index contributed by atoms with van der Waals surface area (Å²) in [5.41, 5.74) is 1.68. The molecular weight excluding hydrogens is 314 g/mol. The summed E-state index contributed by atoms with van der Waals surface area (Å²) in [5.74, 6) is 1.34. The molecule has 0 radical (unpaired) electrons. The van der Waals surface area contributed by atoms with Gasteiger partial charge in [0.2, 0.25) is 0 Å². The number of rotatable bonds is 6. The fourth-order valence-corrected chi connectivity index (χ4v) is 2.25. The number of nitrogens with one attached hydrogen (secondary N) is 1. The topological polar surface area (TPSA) is 47.6 Å². The number of ether oxygens (including phenoxy) is 2. The van der Waals surface area contributed by atoms with E-state index in [0.717, 1.165) is 0 Å². The molecule has 0 aliphatic heterocycles. The molecule has 0 heterocycles. The summed E-state index contributed by atoms with van der Waals surface area (Å²) < 4.78 is 10.7. The molecule has 1 N–H and O–H groups in total. The van der Waals surface area contributed by atoms with Crippen molar-refractivity contribution in [1.82, 2.24) is 0 Å². The maximum Gasteiger partial charge on any atom is 0.262 e. The molecule has 0 aliphatic carbocycles. The van der Waals surface area contributed by atoms with Gasteiger partial charge < -0.3 is 14.8 Å². The Morgan fingerprint density at radius 2 is 2.00 bits per heavy atom. The smallest absolute Gasteiger partial charge is 0.262 e. The minimum absolute atomic E-state index is 0.0861. The number of halogens is 1. The van der Waals surface area contributed by atoms with Crippen LogP contribution in [-0.2, 0) is 4.79 Å². The van der Waals surface area contributed by atoms with Crippen LogP contribution in [0, 0.1) is 0 Å². The summed E-state index contributed by atoms with van der Waals surface area (Å²) >= 11 is 5.94. The quantitative estimate of drug-likeness (QED) is 0.847. The molecular formula is C18H20ClNO3. The van der Waals surface area contributed by atoms with E-state index in [-0.39, 0.29) is 12.5 Å². The van der Waals surface area contributed by atoms with E-state index in [1.165, 1.54) is 12.7 Å². The summed E-state index contributed by atoms with van der Waals surface area (Å²) in [6, 6.07) is 12.8. The molecule has 0 fully saturated rings. The van der Waals surface area contributed by atoms with Crippen LogP contribution >= 0.6 is 11.6 Å². The van der Waals surface area contributed by atoms with Crippen LogP contribution in [0.2, 0.25) is 5.02 Å². The van der Waals surface area contributed by atoms with Gasteiger partial charge in [-0.25, -0.2) is 0 Å². The Morgan fingerprint density at radius 3 is 2.70 bits per heavy atom. The molecule has 0 aromatic heterocycles. The fourth-order valence-electron chi connectivity index (χ4n) is 2.08. The third-order valence-electron chi connectivity index (χ3n) is 3.33. The van der Waals surface area contributed by atoms with Gasteiger partial charge in [0, 0.05) is 5.02 Å². The largest absolute Gasteiger partial charge is 0.495 e. The van der Waals surface area contributed by atoms with Crippen molar-refractivity contribution in [2.45, 2.75) is 19.8 Å². The number of hydrogen-bond acceptors (Lipinski definition) is 3. The minimum Gasteiger partial charge on any atom is -0.495 e. The van der Waals surface area contributed by atoms with Crippen LogP contribution in [0.5, 0.6) is 11.5 Å². The van der Waals surface area contributed by atoms with E-state index >= 15 is 0 Å². The van der Waals surface area contributed by atoms with Crippen molar-refractivity contribution >= 4 is 23.2 Å². The molecule has 0 atom stereocenters. The highest BCUT2D eigenvalue weighted by Gasteiger charge is 2.09. The summed E-state index contributed by atoms with van der Waals surface area (Å²) in [7, 11) is 1.53. The van der Waals surface area contributed by atoms with Crippen LogP contribution in [0.3, 0.4) is 0 Å². The van der Waals surface area contributed by atoms with Crippen molar-refractivity contribution in [3.05, 3.63) is 53.1 Å². The molecule has 23 heavy (non-hydrogen) atoms. The number of anilines is 1. The molecule has 1 amide bonds.